The third-order valence-corrected chi connectivity index (χ3v) is 5.42. The number of nitrogens with zero attached hydrogens (tertiary/aromatic N) is 3. The number of amides is 1. The quantitative estimate of drug-likeness (QED) is 0.333. The summed E-state index contributed by atoms with van der Waals surface area (Å²) in [5.41, 5.74) is 0.0289. The number of rotatable bonds is 6. The van der Waals surface area contributed by atoms with Crippen LogP contribution in [0.2, 0.25) is 0 Å². The summed E-state index contributed by atoms with van der Waals surface area (Å²) >= 11 is 0. The molecular weight excluding hydrogens is 457 g/mol. The zero-order chi connectivity index (χ0) is 19.0. The third-order valence-electron chi connectivity index (χ3n) is 5.42. The van der Waals surface area contributed by atoms with Crippen molar-refractivity contribution in [1.82, 2.24) is 20.4 Å². The minimum atomic E-state index is 0. The summed E-state index contributed by atoms with van der Waals surface area (Å²) in [7, 11) is 1.77. The average Bonchev–Trinajstić information content (AvgIpc) is 2.65. The molecule has 2 heterocycles. The average molecular weight is 495 g/mol. The maximum atomic E-state index is 12.3. The minimum Gasteiger partial charge on any atom is -0.379 e. The molecule has 0 aromatic carbocycles. The van der Waals surface area contributed by atoms with Gasteiger partial charge in [-0.05, 0) is 32.6 Å². The summed E-state index contributed by atoms with van der Waals surface area (Å²) in [5.74, 6) is 1.62. The second-order valence-electron chi connectivity index (χ2n) is 8.10. The SMILES string of the molecule is CN=C(NCCC(=O)N1CCCC(C)C1)NCC(C)(C)N1CCOCC1.I. The van der Waals surface area contributed by atoms with Crippen LogP contribution in [-0.2, 0) is 9.53 Å². The maximum absolute atomic E-state index is 12.3. The Morgan fingerprint density at radius 2 is 1.93 bits per heavy atom. The van der Waals surface area contributed by atoms with Gasteiger partial charge in [0.05, 0.1) is 13.2 Å². The van der Waals surface area contributed by atoms with Gasteiger partial charge in [-0.1, -0.05) is 6.92 Å². The molecule has 2 N–H and O–H groups in total. The fraction of sp³-hybridized carbons (Fsp3) is 0.895. The van der Waals surface area contributed by atoms with E-state index >= 15 is 0 Å². The van der Waals surface area contributed by atoms with Crippen LogP contribution in [0.5, 0.6) is 0 Å². The normalized spacial score (nSPS) is 22.1. The second-order valence-corrected chi connectivity index (χ2v) is 8.10. The number of morpholine rings is 1. The van der Waals surface area contributed by atoms with Gasteiger partial charge in [0.2, 0.25) is 5.91 Å². The summed E-state index contributed by atoms with van der Waals surface area (Å²) in [6.45, 7) is 13.4. The Balaban J connectivity index is 0.00000364. The Kier molecular flexibility index (Phi) is 10.9. The number of carbonyl (C=O) groups excluding carboxylic acids is 1. The lowest BCUT2D eigenvalue weighted by Gasteiger charge is -2.41. The number of hydrogen-bond acceptors (Lipinski definition) is 4. The molecule has 0 aliphatic carbocycles. The predicted molar refractivity (Wildman–Crippen MR) is 121 cm³/mol. The summed E-state index contributed by atoms with van der Waals surface area (Å²) in [6, 6.07) is 0. The van der Waals surface area contributed by atoms with E-state index in [4.69, 9.17) is 4.74 Å². The van der Waals surface area contributed by atoms with Crippen LogP contribution in [0.3, 0.4) is 0 Å². The van der Waals surface area contributed by atoms with Gasteiger partial charge >= 0.3 is 0 Å². The van der Waals surface area contributed by atoms with E-state index in [0.717, 1.165) is 58.3 Å². The molecule has 0 spiro atoms. The zero-order valence-corrected chi connectivity index (χ0v) is 19.8. The van der Waals surface area contributed by atoms with Crippen molar-refractivity contribution in [1.29, 1.82) is 0 Å². The van der Waals surface area contributed by atoms with Gasteiger partial charge in [0.1, 0.15) is 0 Å². The number of ether oxygens (including phenoxy) is 1. The highest BCUT2D eigenvalue weighted by atomic mass is 127. The number of halogens is 1. The van der Waals surface area contributed by atoms with Gasteiger partial charge in [0, 0.05) is 58.3 Å². The molecule has 2 saturated heterocycles. The Morgan fingerprint density at radius 1 is 1.22 bits per heavy atom. The molecule has 1 amide bonds. The lowest BCUT2D eigenvalue weighted by molar-refractivity contribution is -0.132. The summed E-state index contributed by atoms with van der Waals surface area (Å²) in [6.07, 6.45) is 2.87. The lowest BCUT2D eigenvalue weighted by atomic mass is 10.00. The van der Waals surface area contributed by atoms with Gasteiger partial charge < -0.3 is 20.3 Å². The van der Waals surface area contributed by atoms with E-state index in [0.29, 0.717) is 18.9 Å². The molecule has 0 bridgehead atoms. The molecule has 8 heteroatoms. The molecule has 158 valence electrons. The minimum absolute atomic E-state index is 0. The first-order valence-electron chi connectivity index (χ1n) is 9.97. The molecule has 1 atom stereocenters. The summed E-state index contributed by atoms with van der Waals surface area (Å²) in [5, 5.41) is 6.67. The highest BCUT2D eigenvalue weighted by Crippen LogP contribution is 2.16. The van der Waals surface area contributed by atoms with E-state index in [1.165, 1.54) is 6.42 Å². The Bertz CT molecular complexity index is 481. The van der Waals surface area contributed by atoms with E-state index < -0.39 is 0 Å². The molecular formula is C19H38IN5O2. The highest BCUT2D eigenvalue weighted by molar-refractivity contribution is 14.0. The molecule has 0 saturated carbocycles. The largest absolute Gasteiger partial charge is 0.379 e. The van der Waals surface area contributed by atoms with Gasteiger partial charge in [0.15, 0.2) is 5.96 Å². The second kappa shape index (κ2) is 12.1. The molecule has 2 aliphatic heterocycles. The van der Waals surface area contributed by atoms with E-state index in [2.05, 4.69) is 41.3 Å². The summed E-state index contributed by atoms with van der Waals surface area (Å²) < 4.78 is 5.44. The van der Waals surface area contributed by atoms with Crippen LogP contribution in [-0.4, -0.2) is 86.7 Å². The van der Waals surface area contributed by atoms with E-state index in [9.17, 15) is 4.79 Å². The number of hydrogen-bond donors (Lipinski definition) is 2. The van der Waals surface area contributed by atoms with Crippen molar-refractivity contribution in [3.63, 3.8) is 0 Å². The molecule has 0 aromatic heterocycles. The van der Waals surface area contributed by atoms with Crippen LogP contribution >= 0.6 is 24.0 Å². The molecule has 2 fully saturated rings. The third kappa shape index (κ3) is 8.11. The molecule has 2 aliphatic rings. The number of aliphatic imine (C=N–C) groups is 1. The molecule has 27 heavy (non-hydrogen) atoms. The number of likely N-dealkylation sites (tertiary alicyclic amines) is 1. The Labute approximate surface area is 181 Å². The molecule has 1 unspecified atom stereocenters. The monoisotopic (exact) mass is 495 g/mol. The number of carbonyl (C=O) groups is 1. The van der Waals surface area contributed by atoms with Crippen molar-refractivity contribution in [2.45, 2.75) is 45.6 Å². The van der Waals surface area contributed by atoms with Crippen molar-refractivity contribution >= 4 is 35.8 Å². The zero-order valence-electron chi connectivity index (χ0n) is 17.4. The summed E-state index contributed by atoms with van der Waals surface area (Å²) in [4.78, 5) is 21.1. The predicted octanol–water partition coefficient (Wildman–Crippen LogP) is 1.53. The van der Waals surface area contributed by atoms with Gasteiger partial charge in [-0.15, -0.1) is 24.0 Å². The fourth-order valence-electron chi connectivity index (χ4n) is 3.66. The smallest absolute Gasteiger partial charge is 0.224 e. The lowest BCUT2D eigenvalue weighted by Crippen LogP contribution is -2.56. The Hall–Kier alpha value is -0.610. The van der Waals surface area contributed by atoms with Crippen molar-refractivity contribution in [3.05, 3.63) is 0 Å². The van der Waals surface area contributed by atoms with Gasteiger partial charge in [-0.3, -0.25) is 14.7 Å². The highest BCUT2D eigenvalue weighted by Gasteiger charge is 2.28. The van der Waals surface area contributed by atoms with Crippen LogP contribution in [0.1, 0.15) is 40.0 Å². The van der Waals surface area contributed by atoms with Crippen molar-refractivity contribution in [2.75, 3.05) is 59.5 Å². The first-order valence-corrected chi connectivity index (χ1v) is 9.97. The first-order chi connectivity index (χ1) is 12.4. The van der Waals surface area contributed by atoms with Crippen molar-refractivity contribution in [2.24, 2.45) is 10.9 Å². The van der Waals surface area contributed by atoms with Crippen LogP contribution in [0.15, 0.2) is 4.99 Å². The Morgan fingerprint density at radius 3 is 2.56 bits per heavy atom. The molecule has 7 nitrogen and oxygen atoms in total. The van der Waals surface area contributed by atoms with Gasteiger partial charge in [-0.2, -0.15) is 0 Å². The van der Waals surface area contributed by atoms with Gasteiger partial charge in [-0.25, -0.2) is 0 Å². The van der Waals surface area contributed by atoms with Crippen molar-refractivity contribution in [3.8, 4) is 0 Å². The van der Waals surface area contributed by atoms with Crippen LogP contribution in [0.25, 0.3) is 0 Å². The van der Waals surface area contributed by atoms with E-state index in [-0.39, 0.29) is 35.4 Å². The topological polar surface area (TPSA) is 69.2 Å². The number of piperidine rings is 1. The molecule has 0 aromatic rings. The number of nitrogens with one attached hydrogen (secondary N) is 2. The van der Waals surface area contributed by atoms with E-state index in [1.54, 1.807) is 7.05 Å². The molecule has 2 rings (SSSR count). The fourth-order valence-corrected chi connectivity index (χ4v) is 3.66. The number of guanidine groups is 1. The van der Waals surface area contributed by atoms with Crippen LogP contribution in [0, 0.1) is 5.92 Å². The standard InChI is InChI=1S/C19H37N5O2.HI/c1-16-6-5-9-23(14-16)17(25)7-8-21-18(20-4)22-15-19(2,3)24-10-12-26-13-11-24;/h16H,5-15H2,1-4H3,(H2,20,21,22);1H. The molecule has 0 radical (unpaired) electrons. The maximum Gasteiger partial charge on any atom is 0.224 e. The first kappa shape index (κ1) is 24.4. The van der Waals surface area contributed by atoms with Crippen LogP contribution in [0.4, 0.5) is 0 Å². The van der Waals surface area contributed by atoms with Crippen molar-refractivity contribution < 1.29 is 9.53 Å². The van der Waals surface area contributed by atoms with E-state index in [1.807, 2.05) is 4.90 Å². The van der Waals surface area contributed by atoms with Crippen LogP contribution < -0.4 is 10.6 Å². The van der Waals surface area contributed by atoms with Gasteiger partial charge in [0.25, 0.3) is 0 Å².